The number of nitrogens with zero attached hydrogens (tertiary/aromatic N) is 4. The van der Waals surface area contributed by atoms with E-state index in [0.717, 1.165) is 30.5 Å². The zero-order valence-corrected chi connectivity index (χ0v) is 20.7. The molecule has 0 radical (unpaired) electrons. The standard InChI is InChI=1S/C29H26FN5O2/c1-16-6-7-19(15-32-16)21-10-17(14-31)11-22-27(21)34-28(25-12-18-4-3-5-24(18)33-25)35(29(22)36)20-8-9-26(37-2)23(30)13-20/h6-11,13,15,18,24-25,33H,3-5,12H2,1-2H3/t18-,24-,25?/m0/s1. The van der Waals surface area contributed by atoms with E-state index in [4.69, 9.17) is 9.72 Å². The first kappa shape index (κ1) is 23.3. The number of nitrogens with one attached hydrogen (secondary N) is 1. The van der Waals surface area contributed by atoms with E-state index in [1.165, 1.54) is 30.2 Å². The predicted octanol–water partition coefficient (Wildman–Crippen LogP) is 4.98. The first-order chi connectivity index (χ1) is 18.0. The van der Waals surface area contributed by atoms with Crippen molar-refractivity contribution < 1.29 is 9.13 Å². The molecular weight excluding hydrogens is 469 g/mol. The highest BCUT2D eigenvalue weighted by Gasteiger charge is 2.39. The Kier molecular flexibility index (Phi) is 5.73. The third kappa shape index (κ3) is 3.96. The normalized spacial score (nSPS) is 20.6. The minimum Gasteiger partial charge on any atom is -0.494 e. The Labute approximate surface area is 213 Å². The maximum absolute atomic E-state index is 14.8. The molecule has 2 aliphatic rings. The Bertz CT molecular complexity index is 1610. The average Bonchev–Trinajstić information content (AvgIpc) is 3.51. The molecule has 37 heavy (non-hydrogen) atoms. The Morgan fingerprint density at radius 3 is 2.76 bits per heavy atom. The minimum atomic E-state index is -0.564. The highest BCUT2D eigenvalue weighted by atomic mass is 19.1. The van der Waals surface area contributed by atoms with Gasteiger partial charge in [-0.25, -0.2) is 9.37 Å². The van der Waals surface area contributed by atoms with Gasteiger partial charge in [0.15, 0.2) is 11.6 Å². The van der Waals surface area contributed by atoms with Crippen molar-refractivity contribution in [2.24, 2.45) is 5.92 Å². The average molecular weight is 496 g/mol. The molecule has 4 aromatic rings. The number of hydrogen-bond donors (Lipinski definition) is 1. The highest BCUT2D eigenvalue weighted by Crippen LogP contribution is 2.41. The molecule has 1 unspecified atom stereocenters. The number of aryl methyl sites for hydroxylation is 1. The van der Waals surface area contributed by atoms with Gasteiger partial charge in [-0.3, -0.25) is 14.3 Å². The van der Waals surface area contributed by atoms with Crippen LogP contribution in [-0.2, 0) is 0 Å². The van der Waals surface area contributed by atoms with Crippen LogP contribution in [0.2, 0.25) is 0 Å². The molecule has 0 bridgehead atoms. The summed E-state index contributed by atoms with van der Waals surface area (Å²) in [6.07, 6.45) is 6.03. The van der Waals surface area contributed by atoms with Crippen molar-refractivity contribution in [1.82, 2.24) is 19.9 Å². The van der Waals surface area contributed by atoms with Gasteiger partial charge < -0.3 is 10.1 Å². The molecule has 0 amide bonds. The molecule has 186 valence electrons. The summed E-state index contributed by atoms with van der Waals surface area (Å²) in [4.78, 5) is 23.6. The van der Waals surface area contributed by atoms with Crippen molar-refractivity contribution in [2.75, 3.05) is 7.11 Å². The molecule has 3 atom stereocenters. The van der Waals surface area contributed by atoms with Crippen LogP contribution in [-0.4, -0.2) is 27.7 Å². The van der Waals surface area contributed by atoms with Gasteiger partial charge in [0.2, 0.25) is 0 Å². The molecule has 1 saturated heterocycles. The summed E-state index contributed by atoms with van der Waals surface area (Å²) < 4.78 is 21.4. The Morgan fingerprint density at radius 1 is 1.19 bits per heavy atom. The van der Waals surface area contributed by atoms with E-state index in [-0.39, 0.29) is 17.4 Å². The molecular formula is C29H26FN5O2. The van der Waals surface area contributed by atoms with Gasteiger partial charge in [0.25, 0.3) is 5.56 Å². The van der Waals surface area contributed by atoms with Crippen LogP contribution in [0.15, 0.2) is 53.5 Å². The maximum atomic E-state index is 14.8. The van der Waals surface area contributed by atoms with Crippen LogP contribution in [0.1, 0.15) is 48.8 Å². The molecule has 1 N–H and O–H groups in total. The lowest BCUT2D eigenvalue weighted by atomic mass is 9.99. The van der Waals surface area contributed by atoms with Gasteiger partial charge in [0.1, 0.15) is 5.82 Å². The summed E-state index contributed by atoms with van der Waals surface area (Å²) in [5.74, 6) is 0.607. The summed E-state index contributed by atoms with van der Waals surface area (Å²) >= 11 is 0. The van der Waals surface area contributed by atoms with Gasteiger partial charge in [-0.2, -0.15) is 5.26 Å². The number of nitriles is 1. The largest absolute Gasteiger partial charge is 0.494 e. The van der Waals surface area contributed by atoms with Crippen molar-refractivity contribution >= 4 is 10.9 Å². The highest BCUT2D eigenvalue weighted by molar-refractivity contribution is 5.94. The number of methoxy groups -OCH3 is 1. The lowest BCUT2D eigenvalue weighted by Crippen LogP contribution is -2.31. The van der Waals surface area contributed by atoms with Gasteiger partial charge in [-0.1, -0.05) is 12.5 Å². The molecule has 0 spiro atoms. The topological polar surface area (TPSA) is 92.8 Å². The fourth-order valence-corrected chi connectivity index (χ4v) is 5.84. The van der Waals surface area contributed by atoms with E-state index in [1.807, 2.05) is 19.1 Å². The molecule has 2 aromatic carbocycles. The fourth-order valence-electron chi connectivity index (χ4n) is 5.84. The molecule has 3 heterocycles. The molecule has 1 aliphatic heterocycles. The third-order valence-corrected chi connectivity index (χ3v) is 7.67. The number of pyridine rings is 1. The molecule has 1 saturated carbocycles. The van der Waals surface area contributed by atoms with Gasteiger partial charge in [-0.05, 0) is 62.4 Å². The summed E-state index contributed by atoms with van der Waals surface area (Å²) in [5.41, 5.74) is 3.18. The van der Waals surface area contributed by atoms with Crippen molar-refractivity contribution in [2.45, 2.75) is 44.7 Å². The number of benzene rings is 2. The van der Waals surface area contributed by atoms with Crippen molar-refractivity contribution in [3.05, 3.63) is 81.9 Å². The number of rotatable bonds is 4. The zero-order chi connectivity index (χ0) is 25.7. The van der Waals surface area contributed by atoms with Crippen LogP contribution >= 0.6 is 0 Å². The quantitative estimate of drug-likeness (QED) is 0.429. The van der Waals surface area contributed by atoms with E-state index in [2.05, 4.69) is 16.4 Å². The molecule has 7 nitrogen and oxygen atoms in total. The monoisotopic (exact) mass is 495 g/mol. The van der Waals surface area contributed by atoms with Crippen LogP contribution < -0.4 is 15.6 Å². The Balaban J connectivity index is 1.64. The molecule has 6 rings (SSSR count). The number of halogens is 1. The lowest BCUT2D eigenvalue weighted by Gasteiger charge is -2.21. The lowest BCUT2D eigenvalue weighted by molar-refractivity contribution is 0.386. The summed E-state index contributed by atoms with van der Waals surface area (Å²) in [6, 6.07) is 14.0. The van der Waals surface area contributed by atoms with Gasteiger partial charge in [0, 0.05) is 35.1 Å². The van der Waals surface area contributed by atoms with Crippen molar-refractivity contribution in [1.29, 1.82) is 5.26 Å². The van der Waals surface area contributed by atoms with Gasteiger partial charge >= 0.3 is 0 Å². The van der Waals surface area contributed by atoms with Crippen LogP contribution in [0.3, 0.4) is 0 Å². The molecule has 2 aromatic heterocycles. The number of hydrogen-bond acceptors (Lipinski definition) is 6. The molecule has 2 fully saturated rings. The predicted molar refractivity (Wildman–Crippen MR) is 138 cm³/mol. The smallest absolute Gasteiger partial charge is 0.266 e. The van der Waals surface area contributed by atoms with Crippen LogP contribution in [0.5, 0.6) is 5.75 Å². The Hall–Kier alpha value is -4.09. The fraction of sp³-hybridized carbons (Fsp3) is 0.310. The van der Waals surface area contributed by atoms with Gasteiger partial charge in [-0.15, -0.1) is 0 Å². The Morgan fingerprint density at radius 2 is 2.05 bits per heavy atom. The summed E-state index contributed by atoms with van der Waals surface area (Å²) in [7, 11) is 1.40. The van der Waals surface area contributed by atoms with Crippen LogP contribution in [0.25, 0.3) is 27.7 Å². The molecule has 1 aliphatic carbocycles. The van der Waals surface area contributed by atoms with Crippen LogP contribution in [0.4, 0.5) is 4.39 Å². The minimum absolute atomic E-state index is 0.0987. The van der Waals surface area contributed by atoms with E-state index in [0.29, 0.717) is 45.5 Å². The third-order valence-electron chi connectivity index (χ3n) is 7.67. The number of aromatic nitrogens is 3. The van der Waals surface area contributed by atoms with E-state index in [1.54, 1.807) is 24.4 Å². The SMILES string of the molecule is COc1ccc(-n2c(C3C[C@@H]4CCC[C@@H]4N3)nc3c(-c4ccc(C)nc4)cc(C#N)cc3c2=O)cc1F. The number of ether oxygens (including phenoxy) is 1. The second kappa shape index (κ2) is 9.09. The summed E-state index contributed by atoms with van der Waals surface area (Å²) in [6.45, 7) is 1.90. The van der Waals surface area contributed by atoms with Gasteiger partial charge in [0.05, 0.1) is 41.4 Å². The van der Waals surface area contributed by atoms with E-state index in [9.17, 15) is 14.4 Å². The first-order valence-electron chi connectivity index (χ1n) is 12.5. The first-order valence-corrected chi connectivity index (χ1v) is 12.5. The van der Waals surface area contributed by atoms with Crippen LogP contribution in [0, 0.1) is 30.0 Å². The second-order valence-electron chi connectivity index (χ2n) is 9.90. The zero-order valence-electron chi connectivity index (χ0n) is 20.7. The van der Waals surface area contributed by atoms with Crippen molar-refractivity contribution in [3.8, 4) is 28.6 Å². The number of fused-ring (bicyclic) bond motifs is 2. The maximum Gasteiger partial charge on any atom is 0.266 e. The van der Waals surface area contributed by atoms with E-state index >= 15 is 0 Å². The summed E-state index contributed by atoms with van der Waals surface area (Å²) in [5, 5.41) is 13.7. The molecule has 8 heteroatoms. The second-order valence-corrected chi connectivity index (χ2v) is 9.90. The van der Waals surface area contributed by atoms with E-state index < -0.39 is 5.82 Å². The van der Waals surface area contributed by atoms with Crippen molar-refractivity contribution in [3.63, 3.8) is 0 Å².